The van der Waals surface area contributed by atoms with Crippen LogP contribution in [0.3, 0.4) is 0 Å². The Hall–Kier alpha value is -2.40. The lowest BCUT2D eigenvalue weighted by molar-refractivity contribution is -0.157. The van der Waals surface area contributed by atoms with Gasteiger partial charge >= 0.3 is 5.97 Å². The molecule has 1 amide bonds. The molecule has 2 aliphatic heterocycles. The van der Waals surface area contributed by atoms with Crippen molar-refractivity contribution in [3.05, 3.63) is 76.3 Å². The molecule has 2 aromatic rings. The second-order valence-electron chi connectivity index (χ2n) is 6.02. The highest BCUT2D eigenvalue weighted by atomic mass is 79.9. The van der Waals surface area contributed by atoms with Crippen LogP contribution in [-0.2, 0) is 19.9 Å². The molecule has 2 heterocycles. The third-order valence-corrected chi connectivity index (χ3v) is 5.29. The zero-order valence-electron chi connectivity index (χ0n) is 13.0. The minimum Gasteiger partial charge on any atom is -0.439 e. The SMILES string of the molecule is C=C1C(=O)O[C@]2(C(=O)N(C)c3ccccc32)[C@@H]1c1ccc(Br)cc1. The summed E-state index contributed by atoms with van der Waals surface area (Å²) in [7, 11) is 1.70. The number of para-hydroxylation sites is 1. The van der Waals surface area contributed by atoms with E-state index in [-0.39, 0.29) is 5.91 Å². The molecule has 24 heavy (non-hydrogen) atoms. The van der Waals surface area contributed by atoms with Crippen molar-refractivity contribution < 1.29 is 14.3 Å². The van der Waals surface area contributed by atoms with E-state index < -0.39 is 17.5 Å². The molecule has 4 nitrogen and oxygen atoms in total. The van der Waals surface area contributed by atoms with Gasteiger partial charge in [-0.3, -0.25) is 4.79 Å². The van der Waals surface area contributed by atoms with Gasteiger partial charge in [0.05, 0.1) is 11.6 Å². The van der Waals surface area contributed by atoms with E-state index in [4.69, 9.17) is 4.74 Å². The Balaban J connectivity index is 1.98. The highest BCUT2D eigenvalue weighted by Crippen LogP contribution is 2.56. The van der Waals surface area contributed by atoms with Crippen molar-refractivity contribution in [3.63, 3.8) is 0 Å². The van der Waals surface area contributed by atoms with Crippen LogP contribution in [-0.4, -0.2) is 18.9 Å². The van der Waals surface area contributed by atoms with Gasteiger partial charge in [-0.2, -0.15) is 0 Å². The molecule has 0 saturated carbocycles. The highest BCUT2D eigenvalue weighted by Gasteiger charge is 2.64. The monoisotopic (exact) mass is 383 g/mol. The first kappa shape index (κ1) is 15.1. The molecule has 0 aliphatic carbocycles. The Morgan fingerprint density at radius 3 is 2.50 bits per heavy atom. The van der Waals surface area contributed by atoms with Gasteiger partial charge in [0.2, 0.25) is 5.60 Å². The summed E-state index contributed by atoms with van der Waals surface area (Å²) in [6, 6.07) is 14.9. The first-order valence-corrected chi connectivity index (χ1v) is 8.31. The summed E-state index contributed by atoms with van der Waals surface area (Å²) >= 11 is 3.41. The minimum absolute atomic E-state index is 0.247. The molecule has 0 aromatic heterocycles. The van der Waals surface area contributed by atoms with Crippen LogP contribution in [0, 0.1) is 0 Å². The molecule has 120 valence electrons. The van der Waals surface area contributed by atoms with Crippen molar-refractivity contribution in [1.82, 2.24) is 0 Å². The number of nitrogens with zero attached hydrogens (tertiary/aromatic N) is 1. The van der Waals surface area contributed by atoms with Crippen molar-refractivity contribution >= 4 is 33.5 Å². The largest absolute Gasteiger partial charge is 0.439 e. The number of rotatable bonds is 1. The van der Waals surface area contributed by atoms with Crippen molar-refractivity contribution in [3.8, 4) is 0 Å². The highest BCUT2D eigenvalue weighted by molar-refractivity contribution is 9.10. The van der Waals surface area contributed by atoms with Crippen LogP contribution >= 0.6 is 15.9 Å². The first-order chi connectivity index (χ1) is 11.5. The Kier molecular flexibility index (Phi) is 3.18. The lowest BCUT2D eigenvalue weighted by atomic mass is 9.76. The van der Waals surface area contributed by atoms with E-state index >= 15 is 0 Å². The van der Waals surface area contributed by atoms with E-state index in [0.717, 1.165) is 15.7 Å². The average Bonchev–Trinajstić information content (AvgIpc) is 2.97. The number of ether oxygens (including phenoxy) is 1. The standard InChI is InChI=1S/C19H14BrNO3/c1-11-16(12-7-9-13(20)10-8-12)19(24-17(11)22)14-5-3-4-6-15(14)21(2)18(19)23/h3-10,16H,1H2,2H3/t16-,19-/m0/s1. The van der Waals surface area contributed by atoms with Crippen LogP contribution in [0.4, 0.5) is 5.69 Å². The zero-order valence-corrected chi connectivity index (χ0v) is 14.5. The molecule has 2 atom stereocenters. The third kappa shape index (κ3) is 1.79. The van der Waals surface area contributed by atoms with Gasteiger partial charge in [0, 0.05) is 22.7 Å². The number of esters is 1. The number of carbonyl (C=O) groups is 2. The van der Waals surface area contributed by atoms with Crippen molar-refractivity contribution in [2.24, 2.45) is 0 Å². The average molecular weight is 384 g/mol. The molecule has 5 heteroatoms. The summed E-state index contributed by atoms with van der Waals surface area (Å²) < 4.78 is 6.61. The van der Waals surface area contributed by atoms with Crippen LogP contribution in [0.1, 0.15) is 17.0 Å². The first-order valence-electron chi connectivity index (χ1n) is 7.52. The fourth-order valence-corrected chi connectivity index (χ4v) is 3.92. The predicted octanol–water partition coefficient (Wildman–Crippen LogP) is 3.52. The van der Waals surface area contributed by atoms with E-state index in [1.54, 1.807) is 11.9 Å². The molecule has 0 N–H and O–H groups in total. The fraction of sp³-hybridized carbons (Fsp3) is 0.158. The van der Waals surface area contributed by atoms with Crippen LogP contribution in [0.15, 0.2) is 65.2 Å². The van der Waals surface area contributed by atoms with E-state index in [0.29, 0.717) is 11.1 Å². The fourth-order valence-electron chi connectivity index (χ4n) is 3.66. The van der Waals surface area contributed by atoms with Gasteiger partial charge in [0.1, 0.15) is 0 Å². The molecule has 1 spiro atoms. The molecule has 4 rings (SSSR count). The maximum atomic E-state index is 13.1. The Bertz CT molecular complexity index is 890. The molecular weight excluding hydrogens is 370 g/mol. The number of fused-ring (bicyclic) bond motifs is 2. The maximum absolute atomic E-state index is 13.1. The van der Waals surface area contributed by atoms with E-state index in [2.05, 4.69) is 22.5 Å². The number of anilines is 1. The van der Waals surface area contributed by atoms with Crippen molar-refractivity contribution in [2.45, 2.75) is 11.5 Å². The number of hydrogen-bond donors (Lipinski definition) is 0. The smallest absolute Gasteiger partial charge is 0.335 e. The Morgan fingerprint density at radius 2 is 1.79 bits per heavy atom. The van der Waals surface area contributed by atoms with E-state index in [1.165, 1.54) is 0 Å². The number of halogens is 1. The van der Waals surface area contributed by atoms with Gasteiger partial charge in [-0.25, -0.2) is 4.79 Å². The lowest BCUT2D eigenvalue weighted by Gasteiger charge is -2.28. The molecular formula is C19H14BrNO3. The van der Waals surface area contributed by atoms with Crippen molar-refractivity contribution in [2.75, 3.05) is 11.9 Å². The second kappa shape index (κ2) is 5.05. The summed E-state index contributed by atoms with van der Waals surface area (Å²) in [6.07, 6.45) is 0. The molecule has 1 fully saturated rings. The summed E-state index contributed by atoms with van der Waals surface area (Å²) in [5, 5.41) is 0. The number of amides is 1. The van der Waals surface area contributed by atoms with E-state index in [9.17, 15) is 9.59 Å². The molecule has 0 radical (unpaired) electrons. The van der Waals surface area contributed by atoms with Crippen LogP contribution in [0.2, 0.25) is 0 Å². The van der Waals surface area contributed by atoms with Gasteiger partial charge in [0.25, 0.3) is 5.91 Å². The topological polar surface area (TPSA) is 46.6 Å². The predicted molar refractivity (Wildman–Crippen MR) is 93.6 cm³/mol. The van der Waals surface area contributed by atoms with Crippen molar-refractivity contribution in [1.29, 1.82) is 0 Å². The Labute approximate surface area is 147 Å². The van der Waals surface area contributed by atoms with Gasteiger partial charge in [-0.1, -0.05) is 52.8 Å². The molecule has 0 unspecified atom stereocenters. The van der Waals surface area contributed by atoms with Gasteiger partial charge in [-0.15, -0.1) is 0 Å². The number of hydrogen-bond acceptors (Lipinski definition) is 3. The molecule has 2 aromatic carbocycles. The van der Waals surface area contributed by atoms with Crippen LogP contribution in [0.5, 0.6) is 0 Å². The Morgan fingerprint density at radius 1 is 1.12 bits per heavy atom. The quantitative estimate of drug-likeness (QED) is 0.559. The number of likely N-dealkylation sites (N-methyl/N-ethyl adjacent to an activating group) is 1. The number of benzene rings is 2. The lowest BCUT2D eigenvalue weighted by Crippen LogP contribution is -2.42. The summed E-state index contributed by atoms with van der Waals surface area (Å²) in [5.41, 5.74) is 1.22. The normalized spacial score (nSPS) is 25.3. The molecule has 2 aliphatic rings. The summed E-state index contributed by atoms with van der Waals surface area (Å²) in [4.78, 5) is 27.0. The van der Waals surface area contributed by atoms with Gasteiger partial charge in [-0.05, 0) is 23.8 Å². The van der Waals surface area contributed by atoms with Crippen LogP contribution < -0.4 is 4.90 Å². The van der Waals surface area contributed by atoms with E-state index in [1.807, 2.05) is 48.5 Å². The van der Waals surface area contributed by atoms with Crippen LogP contribution in [0.25, 0.3) is 0 Å². The molecule has 0 bridgehead atoms. The summed E-state index contributed by atoms with van der Waals surface area (Å²) in [6.45, 7) is 3.91. The summed E-state index contributed by atoms with van der Waals surface area (Å²) in [5.74, 6) is -1.32. The molecule has 1 saturated heterocycles. The number of carbonyl (C=O) groups excluding carboxylic acids is 2. The van der Waals surface area contributed by atoms with Gasteiger partial charge in [0.15, 0.2) is 0 Å². The third-order valence-electron chi connectivity index (χ3n) is 4.76. The maximum Gasteiger partial charge on any atom is 0.335 e. The zero-order chi connectivity index (χ0) is 17.1. The minimum atomic E-state index is -1.37. The second-order valence-corrected chi connectivity index (χ2v) is 6.93. The van der Waals surface area contributed by atoms with Gasteiger partial charge < -0.3 is 9.64 Å².